The molecule has 98 valence electrons. The van der Waals surface area contributed by atoms with Crippen molar-refractivity contribution in [2.75, 3.05) is 0 Å². The van der Waals surface area contributed by atoms with Gasteiger partial charge in [-0.25, -0.2) is 0 Å². The monoisotopic (exact) mass is 338 g/mol. The third kappa shape index (κ3) is 3.55. The molecule has 0 aliphatic heterocycles. The second-order valence-electron chi connectivity index (χ2n) is 4.10. The summed E-state index contributed by atoms with van der Waals surface area (Å²) in [6.45, 7) is 1.92. The Labute approximate surface area is 125 Å². The van der Waals surface area contributed by atoms with Crippen LogP contribution >= 0.6 is 27.5 Å². The van der Waals surface area contributed by atoms with Gasteiger partial charge in [-0.05, 0) is 42.8 Å². The van der Waals surface area contributed by atoms with Gasteiger partial charge in [0.25, 0.3) is 5.91 Å². The summed E-state index contributed by atoms with van der Waals surface area (Å²) >= 11 is 9.36. The van der Waals surface area contributed by atoms with E-state index in [4.69, 9.17) is 11.6 Å². The number of carbonyl (C=O) groups excluding carboxylic acids is 1. The van der Waals surface area contributed by atoms with Gasteiger partial charge in [0.1, 0.15) is 0 Å². The molecule has 2 aromatic rings. The van der Waals surface area contributed by atoms with Gasteiger partial charge in [-0.1, -0.05) is 27.5 Å². The predicted octanol–water partition coefficient (Wildman–Crippen LogP) is 3.99. The number of aromatic nitrogens is 1. The maximum atomic E-state index is 12.2. The topological polar surface area (TPSA) is 42.0 Å². The number of rotatable bonds is 3. The highest BCUT2D eigenvalue weighted by Crippen LogP contribution is 2.22. The van der Waals surface area contributed by atoms with Crippen LogP contribution in [0, 0.1) is 0 Å². The van der Waals surface area contributed by atoms with Gasteiger partial charge in [0.15, 0.2) is 0 Å². The van der Waals surface area contributed by atoms with Gasteiger partial charge >= 0.3 is 0 Å². The third-order valence-corrected chi connectivity index (χ3v) is 3.55. The number of pyridine rings is 1. The van der Waals surface area contributed by atoms with Crippen LogP contribution in [0.3, 0.4) is 0 Å². The zero-order valence-corrected chi connectivity index (χ0v) is 12.6. The molecule has 1 aromatic carbocycles. The third-order valence-electron chi connectivity index (χ3n) is 2.73. The van der Waals surface area contributed by atoms with Crippen LogP contribution in [0.25, 0.3) is 0 Å². The predicted molar refractivity (Wildman–Crippen MR) is 79.3 cm³/mol. The largest absolute Gasteiger partial charge is 0.345 e. The van der Waals surface area contributed by atoms with Crippen LogP contribution in [0.1, 0.15) is 28.9 Å². The quantitative estimate of drug-likeness (QED) is 0.918. The van der Waals surface area contributed by atoms with Gasteiger partial charge in [0, 0.05) is 16.9 Å². The molecule has 0 aliphatic carbocycles. The van der Waals surface area contributed by atoms with Crippen LogP contribution in [0.5, 0.6) is 0 Å². The molecule has 1 aromatic heterocycles. The summed E-state index contributed by atoms with van der Waals surface area (Å²) in [5.74, 6) is -0.199. The van der Waals surface area contributed by atoms with Crippen LogP contribution in [0.2, 0.25) is 5.02 Å². The van der Waals surface area contributed by atoms with Crippen molar-refractivity contribution in [1.29, 1.82) is 0 Å². The summed E-state index contributed by atoms with van der Waals surface area (Å²) in [6.07, 6.45) is 3.40. The molecule has 0 aliphatic rings. The van der Waals surface area contributed by atoms with Crippen LogP contribution in [-0.4, -0.2) is 10.9 Å². The number of carbonyl (C=O) groups is 1. The van der Waals surface area contributed by atoms with Crippen LogP contribution < -0.4 is 5.32 Å². The Kier molecular flexibility index (Phi) is 4.56. The number of halogens is 2. The fourth-order valence-corrected chi connectivity index (χ4v) is 2.25. The lowest BCUT2D eigenvalue weighted by Gasteiger charge is -2.14. The molecule has 0 radical (unpaired) electrons. The van der Waals surface area contributed by atoms with Gasteiger partial charge in [-0.2, -0.15) is 0 Å². The number of nitrogens with one attached hydrogen (secondary N) is 1. The Bertz CT molecular complexity index is 589. The number of hydrogen-bond donors (Lipinski definition) is 1. The minimum absolute atomic E-state index is 0.106. The Morgan fingerprint density at radius 2 is 2.00 bits per heavy atom. The number of amides is 1. The molecule has 1 atom stereocenters. The molecule has 0 saturated carbocycles. The van der Waals surface area contributed by atoms with Crippen molar-refractivity contribution in [1.82, 2.24) is 10.3 Å². The fraction of sp³-hybridized carbons (Fsp3) is 0.143. The lowest BCUT2D eigenvalue weighted by atomic mass is 10.1. The molecular weight excluding hydrogens is 328 g/mol. The zero-order chi connectivity index (χ0) is 13.8. The van der Waals surface area contributed by atoms with E-state index >= 15 is 0 Å². The van der Waals surface area contributed by atoms with Gasteiger partial charge in [-0.15, -0.1) is 0 Å². The zero-order valence-electron chi connectivity index (χ0n) is 10.2. The van der Waals surface area contributed by atoms with E-state index in [2.05, 4.69) is 26.2 Å². The summed E-state index contributed by atoms with van der Waals surface area (Å²) in [6, 6.07) is 8.83. The van der Waals surface area contributed by atoms with Crippen molar-refractivity contribution in [3.63, 3.8) is 0 Å². The lowest BCUT2D eigenvalue weighted by molar-refractivity contribution is 0.0940. The minimum Gasteiger partial charge on any atom is -0.345 e. The van der Waals surface area contributed by atoms with Crippen LogP contribution in [0.4, 0.5) is 0 Å². The molecule has 1 N–H and O–H groups in total. The second-order valence-corrected chi connectivity index (χ2v) is 5.42. The Hall–Kier alpha value is -1.39. The summed E-state index contributed by atoms with van der Waals surface area (Å²) in [5, 5.41) is 3.34. The van der Waals surface area contributed by atoms with E-state index in [9.17, 15) is 4.79 Å². The molecule has 19 heavy (non-hydrogen) atoms. The van der Waals surface area contributed by atoms with E-state index < -0.39 is 0 Å². The molecule has 0 bridgehead atoms. The molecule has 5 heteroatoms. The summed E-state index contributed by atoms with van der Waals surface area (Å²) < 4.78 is 0.818. The van der Waals surface area contributed by atoms with Crippen LogP contribution in [-0.2, 0) is 0 Å². The summed E-state index contributed by atoms with van der Waals surface area (Å²) in [4.78, 5) is 16.1. The van der Waals surface area contributed by atoms with E-state index in [0.717, 1.165) is 10.0 Å². The van der Waals surface area contributed by atoms with E-state index in [1.165, 1.54) is 0 Å². The van der Waals surface area contributed by atoms with E-state index in [1.807, 2.05) is 19.1 Å². The van der Waals surface area contributed by atoms with Crippen molar-refractivity contribution >= 4 is 33.4 Å². The molecule has 2 rings (SSSR count). The van der Waals surface area contributed by atoms with E-state index in [0.29, 0.717) is 10.6 Å². The first-order valence-electron chi connectivity index (χ1n) is 5.74. The molecule has 1 amide bonds. The van der Waals surface area contributed by atoms with Gasteiger partial charge in [-0.3, -0.25) is 9.78 Å². The highest BCUT2D eigenvalue weighted by Gasteiger charge is 2.14. The summed E-state index contributed by atoms with van der Waals surface area (Å²) in [5.41, 5.74) is 1.45. The standard InChI is InChI=1S/C14H12BrClN2O/c1-9(10-4-6-17-7-5-10)18-14(19)12-8-11(15)2-3-13(12)16/h2-9H,1H3,(H,18,19)/t9-/m1/s1. The first kappa shape index (κ1) is 14.0. The minimum atomic E-state index is -0.199. The number of nitrogens with zero attached hydrogens (tertiary/aromatic N) is 1. The highest BCUT2D eigenvalue weighted by atomic mass is 79.9. The summed E-state index contributed by atoms with van der Waals surface area (Å²) in [7, 11) is 0. The van der Waals surface area contributed by atoms with Crippen molar-refractivity contribution in [2.45, 2.75) is 13.0 Å². The first-order chi connectivity index (χ1) is 9.08. The average molecular weight is 340 g/mol. The Balaban J connectivity index is 2.15. The Morgan fingerprint density at radius 3 is 2.68 bits per heavy atom. The first-order valence-corrected chi connectivity index (χ1v) is 6.91. The Morgan fingerprint density at radius 1 is 1.32 bits per heavy atom. The van der Waals surface area contributed by atoms with Crippen molar-refractivity contribution < 1.29 is 4.79 Å². The molecule has 0 saturated heterocycles. The van der Waals surface area contributed by atoms with E-state index in [1.54, 1.807) is 30.6 Å². The normalized spacial score (nSPS) is 11.9. The molecule has 3 nitrogen and oxygen atoms in total. The molecule has 1 heterocycles. The molecule has 0 unspecified atom stereocenters. The molecule has 0 fully saturated rings. The SMILES string of the molecule is C[C@@H](NC(=O)c1cc(Br)ccc1Cl)c1ccncc1. The average Bonchev–Trinajstić information content (AvgIpc) is 2.42. The van der Waals surface area contributed by atoms with Gasteiger partial charge in [0.2, 0.25) is 0 Å². The second kappa shape index (κ2) is 6.17. The fourth-order valence-electron chi connectivity index (χ4n) is 1.68. The molecule has 0 spiro atoms. The van der Waals surface area contributed by atoms with E-state index in [-0.39, 0.29) is 11.9 Å². The maximum absolute atomic E-state index is 12.2. The van der Waals surface area contributed by atoms with Crippen molar-refractivity contribution in [2.24, 2.45) is 0 Å². The smallest absolute Gasteiger partial charge is 0.253 e. The van der Waals surface area contributed by atoms with Gasteiger partial charge in [0.05, 0.1) is 16.6 Å². The number of hydrogen-bond acceptors (Lipinski definition) is 2. The van der Waals surface area contributed by atoms with Crippen molar-refractivity contribution in [3.8, 4) is 0 Å². The van der Waals surface area contributed by atoms with Gasteiger partial charge < -0.3 is 5.32 Å². The molecular formula is C14H12BrClN2O. The highest BCUT2D eigenvalue weighted by molar-refractivity contribution is 9.10. The lowest BCUT2D eigenvalue weighted by Crippen LogP contribution is -2.26. The van der Waals surface area contributed by atoms with Crippen molar-refractivity contribution in [3.05, 3.63) is 63.3 Å². The maximum Gasteiger partial charge on any atom is 0.253 e. The number of benzene rings is 1. The van der Waals surface area contributed by atoms with Crippen LogP contribution in [0.15, 0.2) is 47.2 Å².